The Morgan fingerprint density at radius 1 is 1.05 bits per heavy atom. The average molecular weight is 284 g/mol. The van der Waals surface area contributed by atoms with Crippen LogP contribution in [-0.2, 0) is 5.41 Å². The third-order valence-electron chi connectivity index (χ3n) is 3.70. The number of hydrogen-bond donors (Lipinski definition) is 2. The fourth-order valence-corrected chi connectivity index (χ4v) is 2.35. The van der Waals surface area contributed by atoms with E-state index < -0.39 is 5.97 Å². The van der Waals surface area contributed by atoms with Crippen LogP contribution in [0.5, 0.6) is 5.75 Å². The van der Waals surface area contributed by atoms with Crippen LogP contribution in [0, 0.1) is 6.92 Å². The number of aromatic hydroxyl groups is 1. The van der Waals surface area contributed by atoms with Crippen LogP contribution in [0.1, 0.15) is 42.3 Å². The first-order valence-electron chi connectivity index (χ1n) is 6.88. The van der Waals surface area contributed by atoms with Crippen molar-refractivity contribution in [2.45, 2.75) is 33.1 Å². The van der Waals surface area contributed by atoms with E-state index in [-0.39, 0.29) is 16.7 Å². The molecular weight excluding hydrogens is 264 g/mol. The van der Waals surface area contributed by atoms with E-state index in [2.05, 4.69) is 0 Å². The van der Waals surface area contributed by atoms with E-state index in [1.807, 2.05) is 32.9 Å². The van der Waals surface area contributed by atoms with Crippen LogP contribution in [0.3, 0.4) is 0 Å². The van der Waals surface area contributed by atoms with Crippen molar-refractivity contribution in [3.8, 4) is 16.9 Å². The Kier molecular flexibility index (Phi) is 3.77. The van der Waals surface area contributed by atoms with E-state index >= 15 is 0 Å². The molecule has 0 saturated heterocycles. The van der Waals surface area contributed by atoms with E-state index in [1.54, 1.807) is 31.2 Å². The Balaban J connectivity index is 2.79. The predicted molar refractivity (Wildman–Crippen MR) is 83.9 cm³/mol. The SMILES string of the molecule is Cc1c(C(=O)O)cc(C(C)(C)C)cc1-c1ccccc1O. The summed E-state index contributed by atoms with van der Waals surface area (Å²) in [5.41, 5.74) is 3.12. The fraction of sp³-hybridized carbons (Fsp3) is 0.278. The van der Waals surface area contributed by atoms with Crippen LogP contribution in [0.4, 0.5) is 0 Å². The molecule has 2 N–H and O–H groups in total. The molecule has 0 radical (unpaired) electrons. The zero-order chi connectivity index (χ0) is 15.8. The predicted octanol–water partition coefficient (Wildman–Crippen LogP) is 4.36. The maximum Gasteiger partial charge on any atom is 0.335 e. The van der Waals surface area contributed by atoms with Gasteiger partial charge in [-0.1, -0.05) is 45.0 Å². The number of para-hydroxylation sites is 1. The number of benzene rings is 2. The highest BCUT2D eigenvalue weighted by atomic mass is 16.4. The van der Waals surface area contributed by atoms with Crippen LogP contribution in [0.15, 0.2) is 36.4 Å². The molecule has 0 amide bonds. The molecule has 0 aromatic heterocycles. The van der Waals surface area contributed by atoms with Crippen molar-refractivity contribution in [1.29, 1.82) is 0 Å². The van der Waals surface area contributed by atoms with Gasteiger partial charge in [-0.25, -0.2) is 4.79 Å². The highest BCUT2D eigenvalue weighted by Gasteiger charge is 2.21. The van der Waals surface area contributed by atoms with Gasteiger partial charge in [0, 0.05) is 5.56 Å². The van der Waals surface area contributed by atoms with Crippen molar-refractivity contribution >= 4 is 5.97 Å². The quantitative estimate of drug-likeness (QED) is 0.861. The second-order valence-electron chi connectivity index (χ2n) is 6.27. The van der Waals surface area contributed by atoms with Crippen molar-refractivity contribution in [3.63, 3.8) is 0 Å². The highest BCUT2D eigenvalue weighted by molar-refractivity contribution is 5.93. The molecule has 0 heterocycles. The van der Waals surface area contributed by atoms with Gasteiger partial charge in [-0.15, -0.1) is 0 Å². The van der Waals surface area contributed by atoms with Gasteiger partial charge in [-0.3, -0.25) is 0 Å². The van der Waals surface area contributed by atoms with E-state index in [9.17, 15) is 15.0 Å². The lowest BCUT2D eigenvalue weighted by atomic mass is 9.82. The lowest BCUT2D eigenvalue weighted by Gasteiger charge is -2.22. The van der Waals surface area contributed by atoms with E-state index in [4.69, 9.17) is 0 Å². The van der Waals surface area contributed by atoms with Crippen LogP contribution in [0.25, 0.3) is 11.1 Å². The van der Waals surface area contributed by atoms with E-state index in [1.165, 1.54) is 0 Å². The number of hydrogen-bond acceptors (Lipinski definition) is 2. The smallest absolute Gasteiger partial charge is 0.335 e. The maximum atomic E-state index is 11.5. The molecule has 2 aromatic rings. The van der Waals surface area contributed by atoms with Gasteiger partial charge in [0.15, 0.2) is 0 Å². The molecule has 21 heavy (non-hydrogen) atoms. The normalized spacial score (nSPS) is 11.4. The number of carbonyl (C=O) groups is 1. The Morgan fingerprint density at radius 3 is 2.19 bits per heavy atom. The molecule has 0 aliphatic heterocycles. The zero-order valence-electron chi connectivity index (χ0n) is 12.8. The first-order chi connectivity index (χ1) is 9.71. The summed E-state index contributed by atoms with van der Waals surface area (Å²) >= 11 is 0. The Hall–Kier alpha value is -2.29. The third-order valence-corrected chi connectivity index (χ3v) is 3.70. The summed E-state index contributed by atoms with van der Waals surface area (Å²) in [6.45, 7) is 7.89. The van der Waals surface area contributed by atoms with E-state index in [0.717, 1.165) is 11.1 Å². The maximum absolute atomic E-state index is 11.5. The molecule has 3 heteroatoms. The van der Waals surface area contributed by atoms with Crippen molar-refractivity contribution in [1.82, 2.24) is 0 Å². The summed E-state index contributed by atoms with van der Waals surface area (Å²) < 4.78 is 0. The molecule has 0 saturated carbocycles. The summed E-state index contributed by atoms with van der Waals surface area (Å²) in [6, 6.07) is 10.7. The molecule has 2 aromatic carbocycles. The Bertz CT molecular complexity index is 694. The molecule has 3 nitrogen and oxygen atoms in total. The van der Waals surface area contributed by atoms with Gasteiger partial charge < -0.3 is 10.2 Å². The molecule has 0 aliphatic rings. The molecule has 0 unspecified atom stereocenters. The monoisotopic (exact) mass is 284 g/mol. The molecule has 0 bridgehead atoms. The second-order valence-corrected chi connectivity index (χ2v) is 6.27. The molecule has 110 valence electrons. The number of carboxylic acids is 1. The first kappa shape index (κ1) is 15.1. The summed E-state index contributed by atoms with van der Waals surface area (Å²) in [5, 5.41) is 19.5. The molecular formula is C18H20O3. The topological polar surface area (TPSA) is 57.5 Å². The van der Waals surface area contributed by atoms with Crippen molar-refractivity contribution < 1.29 is 15.0 Å². The lowest BCUT2D eigenvalue weighted by molar-refractivity contribution is 0.0696. The average Bonchev–Trinajstić information content (AvgIpc) is 2.38. The molecule has 2 rings (SSSR count). The summed E-state index contributed by atoms with van der Waals surface area (Å²) in [4.78, 5) is 11.5. The minimum absolute atomic E-state index is 0.156. The third kappa shape index (κ3) is 2.92. The summed E-state index contributed by atoms with van der Waals surface area (Å²) in [7, 11) is 0. The van der Waals surface area contributed by atoms with Gasteiger partial charge in [-0.05, 0) is 41.2 Å². The second kappa shape index (κ2) is 5.24. The lowest BCUT2D eigenvalue weighted by Crippen LogP contribution is -2.14. The van der Waals surface area contributed by atoms with Crippen LogP contribution >= 0.6 is 0 Å². The molecule has 0 atom stereocenters. The number of phenols is 1. The highest BCUT2D eigenvalue weighted by Crippen LogP contribution is 2.36. The Labute approximate surface area is 124 Å². The van der Waals surface area contributed by atoms with Gasteiger partial charge in [0.2, 0.25) is 0 Å². The van der Waals surface area contributed by atoms with Crippen molar-refractivity contribution in [3.05, 3.63) is 53.1 Å². The van der Waals surface area contributed by atoms with Crippen LogP contribution in [0.2, 0.25) is 0 Å². The number of aromatic carboxylic acids is 1. The standard InChI is InChI=1S/C18H20O3/c1-11-14(13-7-5-6-8-16(13)19)9-12(18(2,3)4)10-15(11)17(20)21/h5-10,19H,1-4H3,(H,20,21). The van der Waals surface area contributed by atoms with Crippen LogP contribution in [-0.4, -0.2) is 16.2 Å². The van der Waals surface area contributed by atoms with E-state index in [0.29, 0.717) is 11.1 Å². The first-order valence-corrected chi connectivity index (χ1v) is 6.88. The van der Waals surface area contributed by atoms with Gasteiger partial charge in [0.1, 0.15) is 5.75 Å². The summed E-state index contributed by atoms with van der Waals surface area (Å²) in [6.07, 6.45) is 0. The Morgan fingerprint density at radius 2 is 1.67 bits per heavy atom. The fourth-order valence-electron chi connectivity index (χ4n) is 2.35. The van der Waals surface area contributed by atoms with Crippen LogP contribution < -0.4 is 0 Å². The number of carboxylic acid groups (broad SMARTS) is 1. The number of rotatable bonds is 2. The minimum atomic E-state index is -0.949. The van der Waals surface area contributed by atoms with Gasteiger partial charge in [0.25, 0.3) is 0 Å². The zero-order valence-corrected chi connectivity index (χ0v) is 12.8. The largest absolute Gasteiger partial charge is 0.507 e. The molecule has 0 spiro atoms. The number of phenolic OH excluding ortho intramolecular Hbond substituents is 1. The van der Waals surface area contributed by atoms with Gasteiger partial charge in [-0.2, -0.15) is 0 Å². The summed E-state index contributed by atoms with van der Waals surface area (Å²) in [5.74, 6) is -0.793. The van der Waals surface area contributed by atoms with Gasteiger partial charge >= 0.3 is 5.97 Å². The molecule has 0 aliphatic carbocycles. The minimum Gasteiger partial charge on any atom is -0.507 e. The van der Waals surface area contributed by atoms with Gasteiger partial charge in [0.05, 0.1) is 5.56 Å². The van der Waals surface area contributed by atoms with Crippen molar-refractivity contribution in [2.75, 3.05) is 0 Å². The molecule has 0 fully saturated rings. The van der Waals surface area contributed by atoms with Crippen molar-refractivity contribution in [2.24, 2.45) is 0 Å².